The molecule has 2 N–H and O–H groups in total. The molecule has 4 atom stereocenters. The molecule has 0 spiro atoms. The molecular formula is C26H27N2NaO6S. The molecule has 2 aromatic carbocycles. The van der Waals surface area contributed by atoms with Crippen LogP contribution in [-0.4, -0.2) is 56.0 Å². The summed E-state index contributed by atoms with van der Waals surface area (Å²) >= 11 is 1.33. The van der Waals surface area contributed by atoms with Crippen LogP contribution < -0.4 is 39.6 Å². The summed E-state index contributed by atoms with van der Waals surface area (Å²) in [4.78, 5) is 52.5. The number of amides is 2. The summed E-state index contributed by atoms with van der Waals surface area (Å²) in [5, 5.41) is 11.8. The van der Waals surface area contributed by atoms with Gasteiger partial charge in [0, 0.05) is 4.75 Å². The van der Waals surface area contributed by atoms with Crippen molar-refractivity contribution in [1.29, 1.82) is 0 Å². The van der Waals surface area contributed by atoms with Crippen molar-refractivity contribution >= 4 is 35.5 Å². The number of benzene rings is 2. The van der Waals surface area contributed by atoms with Gasteiger partial charge in [-0.1, -0.05) is 36.4 Å². The smallest absolute Gasteiger partial charge is 1.00 e. The molecule has 0 bridgehead atoms. The number of carboxylic acids is 1. The molecule has 2 saturated heterocycles. The average Bonchev–Trinajstić information content (AvgIpc) is 3.38. The molecule has 5 rings (SSSR count). The maximum Gasteiger partial charge on any atom is 1.00 e. The van der Waals surface area contributed by atoms with Crippen molar-refractivity contribution in [2.24, 2.45) is 0 Å². The fourth-order valence-electron chi connectivity index (χ4n) is 5.21. The Hall–Kier alpha value is -2.33. The van der Waals surface area contributed by atoms with E-state index in [9.17, 15) is 24.3 Å². The van der Waals surface area contributed by atoms with Crippen LogP contribution in [0.2, 0.25) is 0 Å². The van der Waals surface area contributed by atoms with Crippen molar-refractivity contribution in [1.82, 2.24) is 10.2 Å². The predicted molar refractivity (Wildman–Crippen MR) is 130 cm³/mol. The van der Waals surface area contributed by atoms with E-state index < -0.39 is 51.9 Å². The van der Waals surface area contributed by atoms with E-state index in [0.717, 1.165) is 24.8 Å². The van der Waals surface area contributed by atoms with Crippen molar-refractivity contribution in [3.8, 4) is 5.75 Å². The van der Waals surface area contributed by atoms with E-state index in [1.165, 1.54) is 22.2 Å². The molecule has 2 amide bonds. The third-order valence-electron chi connectivity index (χ3n) is 6.89. The van der Waals surface area contributed by atoms with Crippen LogP contribution in [0.4, 0.5) is 0 Å². The molecule has 2 aromatic rings. The van der Waals surface area contributed by atoms with Crippen molar-refractivity contribution in [2.75, 3.05) is 0 Å². The number of aryl methyl sites for hydroxylation is 2. The van der Waals surface area contributed by atoms with Gasteiger partial charge in [0.1, 0.15) is 23.2 Å². The Labute approximate surface area is 236 Å². The van der Waals surface area contributed by atoms with Gasteiger partial charge >= 0.3 is 41.5 Å². The number of β-lactam (4-membered cyclic amide) rings is 1. The van der Waals surface area contributed by atoms with Crippen LogP contribution in [0.15, 0.2) is 48.5 Å². The molecule has 184 valence electrons. The fourth-order valence-corrected chi connectivity index (χ4v) is 6.83. The van der Waals surface area contributed by atoms with E-state index in [2.05, 4.69) is 5.32 Å². The van der Waals surface area contributed by atoms with E-state index in [1.54, 1.807) is 50.2 Å². The molecule has 0 radical (unpaired) electrons. The first-order valence-electron chi connectivity index (χ1n) is 11.6. The Morgan fingerprint density at radius 3 is 2.53 bits per heavy atom. The van der Waals surface area contributed by atoms with Crippen molar-refractivity contribution in [3.63, 3.8) is 0 Å². The van der Waals surface area contributed by atoms with Crippen molar-refractivity contribution in [3.05, 3.63) is 65.2 Å². The molecule has 2 aliphatic heterocycles. The quantitative estimate of drug-likeness (QED) is 0.176. The largest absolute Gasteiger partial charge is 1.00 e. The van der Waals surface area contributed by atoms with Gasteiger partial charge in [-0.3, -0.25) is 14.4 Å². The fraction of sp³-hybridized carbons (Fsp3) is 0.385. The number of thioether (sulfide) groups is 1. The molecule has 0 aromatic heterocycles. The first-order valence-corrected chi connectivity index (χ1v) is 12.5. The summed E-state index contributed by atoms with van der Waals surface area (Å²) in [6, 6.07) is 12.2. The minimum absolute atomic E-state index is 0. The van der Waals surface area contributed by atoms with Crippen molar-refractivity contribution in [2.45, 2.75) is 61.2 Å². The third-order valence-corrected chi connectivity index (χ3v) is 8.46. The predicted octanol–water partition coefficient (Wildman–Crippen LogP) is -0.387. The van der Waals surface area contributed by atoms with Crippen LogP contribution in [0.1, 0.15) is 44.3 Å². The molecule has 3 aliphatic rings. The summed E-state index contributed by atoms with van der Waals surface area (Å²) in [6.45, 7) is 3.53. The second-order valence-corrected chi connectivity index (χ2v) is 11.4. The summed E-state index contributed by atoms with van der Waals surface area (Å²) in [5.41, 5.74) is 2.83. The number of hydrogen-bond donors (Lipinski definition) is 2. The van der Waals surface area contributed by atoms with Crippen LogP contribution in [0.3, 0.4) is 0 Å². The Kier molecular flexibility index (Phi) is 7.57. The Morgan fingerprint density at radius 1 is 1.14 bits per heavy atom. The van der Waals surface area contributed by atoms with Crippen LogP contribution in [0.25, 0.3) is 0 Å². The minimum atomic E-state index is -1.28. The first kappa shape index (κ1) is 26.7. The zero-order valence-corrected chi connectivity index (χ0v) is 23.2. The van der Waals surface area contributed by atoms with E-state index in [1.807, 2.05) is 12.1 Å². The molecule has 1 aliphatic carbocycles. The molecule has 8 nitrogen and oxygen atoms in total. The number of rotatable bonds is 6. The van der Waals surface area contributed by atoms with E-state index in [-0.39, 0.29) is 31.0 Å². The first-order chi connectivity index (χ1) is 16.7. The van der Waals surface area contributed by atoms with E-state index in [0.29, 0.717) is 11.3 Å². The maximum absolute atomic E-state index is 13.4. The Balaban J connectivity index is 0.00000190. The number of nitrogens with zero attached hydrogens (tertiary/aromatic N) is 1. The number of carboxylic acid groups (broad SMARTS) is 1. The molecule has 10 heteroatoms. The molecule has 2 heterocycles. The van der Waals surface area contributed by atoms with Gasteiger partial charge in [0.2, 0.25) is 11.8 Å². The number of ether oxygens (including phenoxy) is 1. The van der Waals surface area contributed by atoms with Crippen LogP contribution in [0.5, 0.6) is 5.75 Å². The summed E-state index contributed by atoms with van der Waals surface area (Å²) in [5.74, 6) is -3.83. The molecule has 2 fully saturated rings. The van der Waals surface area contributed by atoms with Gasteiger partial charge in [0.25, 0.3) is 0 Å². The maximum atomic E-state index is 13.4. The number of aliphatic carboxylic acids is 1. The second-order valence-electron chi connectivity index (χ2n) is 9.63. The zero-order chi connectivity index (χ0) is 24.9. The van der Waals surface area contributed by atoms with Gasteiger partial charge in [-0.25, -0.2) is 4.79 Å². The third kappa shape index (κ3) is 4.69. The van der Waals surface area contributed by atoms with Crippen LogP contribution in [-0.2, 0) is 32.0 Å². The summed E-state index contributed by atoms with van der Waals surface area (Å²) in [6.07, 6.45) is 2.99. The van der Waals surface area contributed by atoms with E-state index in [4.69, 9.17) is 4.74 Å². The number of carbonyl (C=O) groups excluding carboxylic acids is 3. The number of esters is 1. The monoisotopic (exact) mass is 518 g/mol. The van der Waals surface area contributed by atoms with Gasteiger partial charge in [-0.2, -0.15) is 0 Å². The second kappa shape index (κ2) is 10.2. The van der Waals surface area contributed by atoms with Gasteiger partial charge in [0.15, 0.2) is 5.92 Å². The molecule has 4 unspecified atom stereocenters. The normalized spacial score (nSPS) is 24.0. The van der Waals surface area contributed by atoms with Gasteiger partial charge in [0.05, 0.1) is 0 Å². The van der Waals surface area contributed by atoms with Crippen molar-refractivity contribution < 1.29 is 60.0 Å². The molecular weight excluding hydrogens is 491 g/mol. The minimum Gasteiger partial charge on any atom is -1.00 e. The Bertz CT molecular complexity index is 1230. The Morgan fingerprint density at radius 2 is 1.83 bits per heavy atom. The number of nitrogens with one attached hydrogen (secondary N) is 1. The van der Waals surface area contributed by atoms with Gasteiger partial charge in [-0.15, -0.1) is 11.8 Å². The number of fused-ring (bicyclic) bond motifs is 2. The van der Waals surface area contributed by atoms with E-state index >= 15 is 0 Å². The summed E-state index contributed by atoms with van der Waals surface area (Å²) < 4.78 is 4.92. The number of carbonyl (C=O) groups is 4. The number of hydrogen-bond acceptors (Lipinski definition) is 6. The topological polar surface area (TPSA) is 113 Å². The molecule has 0 saturated carbocycles. The average molecular weight is 519 g/mol. The van der Waals surface area contributed by atoms with Gasteiger partial charge in [-0.05, 0) is 61.9 Å². The molecule has 36 heavy (non-hydrogen) atoms. The SMILES string of the molecule is CC1(C)SC2C(NC(=O)C(C(=O)Oc3ccc4c(c3)CCC4)c3ccccc3)C(=O)N2C1C(=O)O.[H-].[Na+]. The standard InChI is InChI=1S/C26H26N2O6S.Na.H/c1-26(2)20(24(31)32)28-22(30)19(23(28)35-26)27-21(29)18(15-7-4-3-5-8-15)25(33)34-17-12-11-14-9-6-10-16(14)13-17;;/h3-5,7-8,11-13,18-20,23H,6,9-10H2,1-2H3,(H,27,29)(H,31,32);;/q;+1;-1. The van der Waals surface area contributed by atoms with Gasteiger partial charge < -0.3 is 21.5 Å². The van der Waals surface area contributed by atoms with Crippen LogP contribution >= 0.6 is 11.8 Å². The zero-order valence-electron chi connectivity index (χ0n) is 21.4. The van der Waals surface area contributed by atoms with Crippen LogP contribution in [0, 0.1) is 0 Å². The summed E-state index contributed by atoms with van der Waals surface area (Å²) in [7, 11) is 0.